The Morgan fingerprint density at radius 3 is 2.52 bits per heavy atom. The van der Waals surface area contributed by atoms with Crippen molar-refractivity contribution in [3.63, 3.8) is 0 Å². The van der Waals surface area contributed by atoms with Gasteiger partial charge in [0.1, 0.15) is 11.8 Å². The van der Waals surface area contributed by atoms with Crippen LogP contribution in [-0.4, -0.2) is 24.5 Å². The molecule has 2 N–H and O–H groups in total. The summed E-state index contributed by atoms with van der Waals surface area (Å²) in [5.41, 5.74) is 3.44. The van der Waals surface area contributed by atoms with Crippen LogP contribution in [-0.2, 0) is 22.4 Å². The minimum Gasteiger partial charge on any atom is -0.484 e. The summed E-state index contributed by atoms with van der Waals surface area (Å²) in [5.74, 6) is 0.0501. The number of benzene rings is 2. The van der Waals surface area contributed by atoms with Crippen molar-refractivity contribution >= 4 is 17.5 Å². The average Bonchev–Trinajstić information content (AvgIpc) is 3.12. The van der Waals surface area contributed by atoms with E-state index in [4.69, 9.17) is 4.74 Å². The second-order valence-corrected chi connectivity index (χ2v) is 7.22. The number of rotatable bonds is 7. The zero-order valence-electron chi connectivity index (χ0n) is 15.8. The number of anilines is 1. The first kappa shape index (κ1) is 19.0. The van der Waals surface area contributed by atoms with E-state index in [-0.39, 0.29) is 24.3 Å². The largest absolute Gasteiger partial charge is 0.484 e. The maximum Gasteiger partial charge on any atom is 0.258 e. The topological polar surface area (TPSA) is 67.4 Å². The lowest BCUT2D eigenvalue weighted by atomic mass is 10.0. The van der Waals surface area contributed by atoms with Gasteiger partial charge in [-0.2, -0.15) is 0 Å². The number of hydrogen-bond acceptors (Lipinski definition) is 3. The van der Waals surface area contributed by atoms with Crippen LogP contribution in [0.3, 0.4) is 0 Å². The molecular weight excluding hydrogens is 340 g/mol. The summed E-state index contributed by atoms with van der Waals surface area (Å²) in [4.78, 5) is 24.9. The summed E-state index contributed by atoms with van der Waals surface area (Å²) >= 11 is 0. The molecule has 2 aromatic carbocycles. The number of hydrogen-bond donors (Lipinski definition) is 2. The molecule has 0 bridgehead atoms. The zero-order valence-corrected chi connectivity index (χ0v) is 15.8. The molecule has 0 aromatic heterocycles. The number of carbonyl (C=O) groups is 2. The highest BCUT2D eigenvalue weighted by Gasteiger charge is 2.25. The normalized spacial score (nSPS) is 13.7. The molecule has 0 spiro atoms. The Morgan fingerprint density at radius 2 is 1.78 bits per heavy atom. The van der Waals surface area contributed by atoms with Gasteiger partial charge >= 0.3 is 0 Å². The molecule has 0 radical (unpaired) electrons. The Bertz CT molecular complexity index is 802. The van der Waals surface area contributed by atoms with Crippen molar-refractivity contribution < 1.29 is 14.3 Å². The molecule has 1 aliphatic carbocycles. The van der Waals surface area contributed by atoms with E-state index in [2.05, 4.69) is 16.7 Å². The summed E-state index contributed by atoms with van der Waals surface area (Å²) in [6.07, 6.45) is 3.33. The molecule has 0 unspecified atom stereocenters. The minimum absolute atomic E-state index is 0.0416. The van der Waals surface area contributed by atoms with Gasteiger partial charge in [-0.3, -0.25) is 9.59 Å². The van der Waals surface area contributed by atoms with Gasteiger partial charge in [-0.25, -0.2) is 0 Å². The lowest BCUT2D eigenvalue weighted by molar-refractivity contribution is -0.128. The van der Waals surface area contributed by atoms with Gasteiger partial charge in [0.25, 0.3) is 5.91 Å². The van der Waals surface area contributed by atoms with Gasteiger partial charge in [0, 0.05) is 5.69 Å². The van der Waals surface area contributed by atoms with Crippen LogP contribution >= 0.6 is 0 Å². The van der Waals surface area contributed by atoms with E-state index in [1.165, 1.54) is 17.5 Å². The molecule has 0 aliphatic heterocycles. The van der Waals surface area contributed by atoms with Gasteiger partial charge in [0.05, 0.1) is 0 Å². The minimum atomic E-state index is -0.620. The lowest BCUT2D eigenvalue weighted by Crippen LogP contribution is -2.48. The highest BCUT2D eigenvalue weighted by Crippen LogP contribution is 2.25. The van der Waals surface area contributed by atoms with Crippen molar-refractivity contribution in [1.29, 1.82) is 0 Å². The molecular formula is C22H26N2O3. The molecule has 1 atom stereocenters. The van der Waals surface area contributed by atoms with Crippen LogP contribution in [0.4, 0.5) is 5.69 Å². The first-order chi connectivity index (χ1) is 13.0. The number of ether oxygens (including phenoxy) is 1. The zero-order chi connectivity index (χ0) is 19.2. The molecule has 142 valence electrons. The fourth-order valence-electron chi connectivity index (χ4n) is 3.29. The van der Waals surface area contributed by atoms with E-state index < -0.39 is 6.04 Å². The number of fused-ring (bicyclic) bond motifs is 1. The van der Waals surface area contributed by atoms with Gasteiger partial charge in [-0.15, -0.1) is 0 Å². The molecule has 27 heavy (non-hydrogen) atoms. The van der Waals surface area contributed by atoms with Crippen LogP contribution in [0.15, 0.2) is 48.5 Å². The molecule has 5 nitrogen and oxygen atoms in total. The van der Waals surface area contributed by atoms with Crippen molar-refractivity contribution in [3.8, 4) is 5.75 Å². The fourth-order valence-corrected chi connectivity index (χ4v) is 3.29. The molecule has 3 rings (SSSR count). The Kier molecular flexibility index (Phi) is 6.12. The van der Waals surface area contributed by atoms with E-state index >= 15 is 0 Å². The van der Waals surface area contributed by atoms with Crippen LogP contribution in [0.5, 0.6) is 5.75 Å². The summed E-state index contributed by atoms with van der Waals surface area (Å²) in [6.45, 7) is 3.69. The Labute approximate surface area is 160 Å². The van der Waals surface area contributed by atoms with E-state index in [0.717, 1.165) is 18.5 Å². The van der Waals surface area contributed by atoms with Gasteiger partial charge in [-0.05, 0) is 60.6 Å². The Balaban J connectivity index is 1.57. The van der Waals surface area contributed by atoms with E-state index in [1.54, 1.807) is 12.1 Å². The smallest absolute Gasteiger partial charge is 0.258 e. The first-order valence-corrected chi connectivity index (χ1v) is 9.43. The number of amides is 2. The monoisotopic (exact) mass is 366 g/mol. The van der Waals surface area contributed by atoms with Gasteiger partial charge in [0.15, 0.2) is 6.61 Å². The highest BCUT2D eigenvalue weighted by molar-refractivity contribution is 5.97. The fraction of sp³-hybridized carbons (Fsp3) is 0.364. The molecule has 2 aromatic rings. The van der Waals surface area contributed by atoms with Crippen molar-refractivity contribution in [1.82, 2.24) is 5.32 Å². The van der Waals surface area contributed by atoms with Crippen LogP contribution in [0, 0.1) is 5.92 Å². The van der Waals surface area contributed by atoms with Crippen molar-refractivity contribution in [2.45, 2.75) is 39.2 Å². The molecule has 0 saturated heterocycles. The van der Waals surface area contributed by atoms with Crippen LogP contribution in [0.1, 0.15) is 31.4 Å². The number of nitrogens with one attached hydrogen (secondary N) is 2. The highest BCUT2D eigenvalue weighted by atomic mass is 16.5. The summed E-state index contributed by atoms with van der Waals surface area (Å²) in [5, 5.41) is 5.72. The SMILES string of the molecule is CC(C)[C@H](NC(=O)COc1ccccc1)C(=O)Nc1ccc2c(c1)CCC2. The second-order valence-electron chi connectivity index (χ2n) is 7.22. The third kappa shape index (κ3) is 5.09. The number of aryl methyl sites for hydroxylation is 2. The summed E-state index contributed by atoms with van der Waals surface area (Å²) in [7, 11) is 0. The third-order valence-corrected chi connectivity index (χ3v) is 4.74. The summed E-state index contributed by atoms with van der Waals surface area (Å²) in [6, 6.07) is 14.6. The van der Waals surface area contributed by atoms with Gasteiger partial charge in [0.2, 0.25) is 5.91 Å². The van der Waals surface area contributed by atoms with Crippen LogP contribution < -0.4 is 15.4 Å². The summed E-state index contributed by atoms with van der Waals surface area (Å²) < 4.78 is 5.45. The molecule has 0 heterocycles. The van der Waals surface area contributed by atoms with Crippen LogP contribution in [0.25, 0.3) is 0 Å². The first-order valence-electron chi connectivity index (χ1n) is 9.43. The Morgan fingerprint density at radius 1 is 1.04 bits per heavy atom. The van der Waals surface area contributed by atoms with Crippen LogP contribution in [0.2, 0.25) is 0 Å². The average molecular weight is 366 g/mol. The molecule has 0 fully saturated rings. The predicted octanol–water partition coefficient (Wildman–Crippen LogP) is 3.33. The maximum atomic E-state index is 12.7. The molecule has 0 saturated carbocycles. The third-order valence-electron chi connectivity index (χ3n) is 4.74. The molecule has 2 amide bonds. The van der Waals surface area contributed by atoms with E-state index in [1.807, 2.05) is 44.2 Å². The van der Waals surface area contributed by atoms with Gasteiger partial charge in [-0.1, -0.05) is 38.1 Å². The lowest BCUT2D eigenvalue weighted by Gasteiger charge is -2.22. The quantitative estimate of drug-likeness (QED) is 0.790. The molecule has 1 aliphatic rings. The maximum absolute atomic E-state index is 12.7. The predicted molar refractivity (Wildman–Crippen MR) is 106 cm³/mol. The van der Waals surface area contributed by atoms with E-state index in [9.17, 15) is 9.59 Å². The molecule has 5 heteroatoms. The number of para-hydroxylation sites is 1. The van der Waals surface area contributed by atoms with Crippen molar-refractivity contribution in [3.05, 3.63) is 59.7 Å². The Hall–Kier alpha value is -2.82. The van der Waals surface area contributed by atoms with E-state index in [0.29, 0.717) is 5.75 Å². The second kappa shape index (κ2) is 8.71. The standard InChI is InChI=1S/C22H26N2O3/c1-15(2)21(24-20(25)14-27-19-9-4-3-5-10-19)22(26)23-18-12-11-16-7-6-8-17(16)13-18/h3-5,9-13,15,21H,6-8,14H2,1-2H3,(H,23,26)(H,24,25)/t21-/m0/s1. The van der Waals surface area contributed by atoms with Crippen molar-refractivity contribution in [2.75, 3.05) is 11.9 Å². The van der Waals surface area contributed by atoms with Crippen molar-refractivity contribution in [2.24, 2.45) is 5.92 Å². The van der Waals surface area contributed by atoms with Gasteiger partial charge < -0.3 is 15.4 Å². The number of carbonyl (C=O) groups excluding carboxylic acids is 2.